The molecule has 4 fully saturated rings. The first kappa shape index (κ1) is 20.7. The lowest BCUT2D eigenvalue weighted by atomic mass is 9.51. The Morgan fingerprint density at radius 1 is 1.10 bits per heavy atom. The summed E-state index contributed by atoms with van der Waals surface area (Å²) in [5, 5.41) is 11.6. The van der Waals surface area contributed by atoms with Gasteiger partial charge in [0.05, 0.1) is 18.8 Å². The number of ether oxygens (including phenoxy) is 3. The Morgan fingerprint density at radius 3 is 2.50 bits per heavy atom. The predicted molar refractivity (Wildman–Crippen MR) is 108 cm³/mol. The Balaban J connectivity index is 1.47. The summed E-state index contributed by atoms with van der Waals surface area (Å²) in [6.45, 7) is 6.32. The fraction of sp³-hybridized carbons (Fsp3) is 0.833. The number of esters is 1. The molecule has 5 aliphatic rings. The minimum atomic E-state index is -1.03. The smallest absolute Gasteiger partial charge is 0.303 e. The zero-order chi connectivity index (χ0) is 21.4. The third kappa shape index (κ3) is 2.66. The van der Waals surface area contributed by atoms with Crippen molar-refractivity contribution in [3.05, 3.63) is 11.6 Å². The highest BCUT2D eigenvalue weighted by Crippen LogP contribution is 2.65. The van der Waals surface area contributed by atoms with Crippen LogP contribution in [0.1, 0.15) is 72.1 Å². The molecule has 6 atom stereocenters. The van der Waals surface area contributed by atoms with E-state index in [0.717, 1.165) is 32.1 Å². The lowest BCUT2D eigenvalue weighted by Crippen LogP contribution is -2.59. The number of fused-ring (bicyclic) bond motifs is 5. The van der Waals surface area contributed by atoms with Gasteiger partial charge in [-0.05, 0) is 57.3 Å². The number of allylic oxidation sites excluding steroid dienone is 1. The van der Waals surface area contributed by atoms with Gasteiger partial charge in [0.2, 0.25) is 0 Å². The maximum absolute atomic E-state index is 12.8. The molecule has 6 nitrogen and oxygen atoms in total. The van der Waals surface area contributed by atoms with Crippen molar-refractivity contribution in [2.24, 2.45) is 23.2 Å². The molecule has 0 radical (unpaired) electrons. The van der Waals surface area contributed by atoms with Gasteiger partial charge in [0, 0.05) is 31.1 Å². The molecule has 5 rings (SSSR count). The van der Waals surface area contributed by atoms with E-state index in [-0.39, 0.29) is 23.1 Å². The van der Waals surface area contributed by atoms with Crippen LogP contribution >= 0.6 is 0 Å². The second kappa shape index (κ2) is 6.63. The molecule has 3 saturated carbocycles. The van der Waals surface area contributed by atoms with E-state index in [2.05, 4.69) is 13.0 Å². The van der Waals surface area contributed by atoms with Crippen molar-refractivity contribution in [1.29, 1.82) is 0 Å². The highest BCUT2D eigenvalue weighted by Gasteiger charge is 2.67. The summed E-state index contributed by atoms with van der Waals surface area (Å²) >= 11 is 0. The molecule has 0 aromatic carbocycles. The third-order valence-corrected chi connectivity index (χ3v) is 9.25. The average Bonchev–Trinajstić information content (AvgIpc) is 3.23. The number of Topliss-reactive ketones (excluding diaryl/α,β-unsaturated/α-hetero) is 1. The van der Waals surface area contributed by atoms with Gasteiger partial charge in [-0.3, -0.25) is 9.59 Å². The number of aliphatic hydroxyl groups is 1. The molecular formula is C24H34O6. The van der Waals surface area contributed by atoms with Gasteiger partial charge in [-0.25, -0.2) is 0 Å². The molecule has 1 saturated heterocycles. The van der Waals surface area contributed by atoms with Crippen LogP contribution < -0.4 is 0 Å². The predicted octanol–water partition coefficient (Wildman–Crippen LogP) is 3.31. The third-order valence-electron chi connectivity index (χ3n) is 9.25. The van der Waals surface area contributed by atoms with Crippen LogP contribution in [0.2, 0.25) is 0 Å². The quantitative estimate of drug-likeness (QED) is 0.547. The number of carbonyl (C=O) groups excluding carboxylic acids is 2. The Hall–Kier alpha value is -1.24. The molecule has 0 amide bonds. The van der Waals surface area contributed by atoms with Crippen molar-refractivity contribution in [3.8, 4) is 0 Å². The first-order valence-corrected chi connectivity index (χ1v) is 11.6. The number of ketones is 1. The largest absolute Gasteiger partial charge is 0.451 e. The van der Waals surface area contributed by atoms with Gasteiger partial charge >= 0.3 is 5.97 Å². The molecule has 1 spiro atoms. The van der Waals surface area contributed by atoms with Crippen molar-refractivity contribution >= 4 is 11.8 Å². The van der Waals surface area contributed by atoms with Crippen molar-refractivity contribution in [3.63, 3.8) is 0 Å². The standard InChI is InChI=1S/C24H34O6/c1-15(25)24(30-16(2)26)11-7-19-17-5-9-22(27)14-23(28-12-13-29-23)10-6-20(22)18(17)4-8-21(19,24)3/h4,17,19-20,27H,5-14H2,1-3H3/t17?,19?,20?,21-,22+,24-/m0/s1. The van der Waals surface area contributed by atoms with Crippen molar-refractivity contribution in [2.45, 2.75) is 89.1 Å². The fourth-order valence-corrected chi connectivity index (χ4v) is 7.97. The molecule has 6 heteroatoms. The Morgan fingerprint density at radius 2 is 1.83 bits per heavy atom. The Bertz CT molecular complexity index is 798. The summed E-state index contributed by atoms with van der Waals surface area (Å²) in [5.74, 6) is -0.268. The van der Waals surface area contributed by atoms with E-state index >= 15 is 0 Å². The van der Waals surface area contributed by atoms with Gasteiger partial charge in [0.25, 0.3) is 0 Å². The molecule has 0 aromatic heterocycles. The van der Waals surface area contributed by atoms with Crippen LogP contribution in [0, 0.1) is 23.2 Å². The zero-order valence-corrected chi connectivity index (χ0v) is 18.4. The molecule has 1 aliphatic heterocycles. The molecule has 3 unspecified atom stereocenters. The topological polar surface area (TPSA) is 82.1 Å². The summed E-state index contributed by atoms with van der Waals surface area (Å²) < 4.78 is 17.6. The maximum Gasteiger partial charge on any atom is 0.303 e. The van der Waals surface area contributed by atoms with Gasteiger partial charge in [-0.15, -0.1) is 0 Å². The monoisotopic (exact) mass is 418 g/mol. The first-order chi connectivity index (χ1) is 14.1. The van der Waals surface area contributed by atoms with Crippen LogP contribution in [0.15, 0.2) is 11.6 Å². The van der Waals surface area contributed by atoms with Gasteiger partial charge in [-0.1, -0.05) is 18.6 Å². The summed E-state index contributed by atoms with van der Waals surface area (Å²) in [7, 11) is 0. The van der Waals surface area contributed by atoms with Gasteiger partial charge < -0.3 is 19.3 Å². The molecular weight excluding hydrogens is 384 g/mol. The van der Waals surface area contributed by atoms with Crippen LogP contribution in [-0.2, 0) is 23.8 Å². The maximum atomic E-state index is 12.8. The van der Waals surface area contributed by atoms with Gasteiger partial charge in [0.1, 0.15) is 0 Å². The molecule has 0 bridgehead atoms. The van der Waals surface area contributed by atoms with Crippen LogP contribution in [0.3, 0.4) is 0 Å². The normalized spacial score (nSPS) is 46.5. The molecule has 166 valence electrons. The van der Waals surface area contributed by atoms with E-state index in [0.29, 0.717) is 44.3 Å². The fourth-order valence-electron chi connectivity index (χ4n) is 7.97. The van der Waals surface area contributed by atoms with E-state index in [1.807, 2.05) is 0 Å². The number of hydrogen-bond acceptors (Lipinski definition) is 6. The van der Waals surface area contributed by atoms with E-state index in [1.54, 1.807) is 6.92 Å². The van der Waals surface area contributed by atoms with Crippen molar-refractivity contribution < 1.29 is 28.9 Å². The second-order valence-corrected chi connectivity index (χ2v) is 10.6. The number of rotatable bonds is 2. The van der Waals surface area contributed by atoms with Crippen LogP contribution in [0.5, 0.6) is 0 Å². The number of carbonyl (C=O) groups is 2. The summed E-state index contributed by atoms with van der Waals surface area (Å²) in [4.78, 5) is 24.7. The molecule has 1 N–H and O–H groups in total. The molecule has 4 aliphatic carbocycles. The summed E-state index contributed by atoms with van der Waals surface area (Å²) in [5.41, 5.74) is -0.838. The highest BCUT2D eigenvalue weighted by atomic mass is 16.7. The Kier molecular flexibility index (Phi) is 4.56. The molecule has 30 heavy (non-hydrogen) atoms. The van der Waals surface area contributed by atoms with Gasteiger partial charge in [0.15, 0.2) is 17.2 Å². The Labute approximate surface area is 178 Å². The van der Waals surface area contributed by atoms with Crippen molar-refractivity contribution in [1.82, 2.24) is 0 Å². The van der Waals surface area contributed by atoms with E-state index in [9.17, 15) is 14.7 Å². The first-order valence-electron chi connectivity index (χ1n) is 11.6. The van der Waals surface area contributed by atoms with Gasteiger partial charge in [-0.2, -0.15) is 0 Å². The van der Waals surface area contributed by atoms with Crippen LogP contribution in [0.4, 0.5) is 0 Å². The van der Waals surface area contributed by atoms with E-state index in [4.69, 9.17) is 14.2 Å². The summed E-state index contributed by atoms with van der Waals surface area (Å²) in [6.07, 6.45) is 8.30. The molecule has 0 aromatic rings. The zero-order valence-electron chi connectivity index (χ0n) is 18.4. The van der Waals surface area contributed by atoms with Crippen molar-refractivity contribution in [2.75, 3.05) is 13.2 Å². The average molecular weight is 419 g/mol. The minimum absolute atomic E-state index is 0.0398. The van der Waals surface area contributed by atoms with E-state index in [1.165, 1.54) is 12.5 Å². The lowest BCUT2D eigenvalue weighted by Gasteiger charge is -2.57. The summed E-state index contributed by atoms with van der Waals surface area (Å²) in [6, 6.07) is 0. The second-order valence-electron chi connectivity index (χ2n) is 10.6. The highest BCUT2D eigenvalue weighted by molar-refractivity contribution is 5.89. The number of hydrogen-bond donors (Lipinski definition) is 1. The SMILES string of the molecule is CC(=O)O[C@]1(C(C)=O)CCC2C3CC[C@@]4(O)CC5(CCC4C3=CC[C@@]21C)OCCO5. The van der Waals surface area contributed by atoms with E-state index < -0.39 is 17.0 Å². The van der Waals surface area contributed by atoms with Crippen LogP contribution in [-0.4, -0.2) is 47.1 Å². The lowest BCUT2D eigenvalue weighted by molar-refractivity contribution is -0.236. The molecule has 1 heterocycles. The van der Waals surface area contributed by atoms with Crippen LogP contribution in [0.25, 0.3) is 0 Å². The minimum Gasteiger partial charge on any atom is -0.451 e.